The van der Waals surface area contributed by atoms with E-state index in [1.54, 1.807) is 0 Å². The van der Waals surface area contributed by atoms with E-state index in [1.807, 2.05) is 0 Å². The number of hydrogen-bond acceptors (Lipinski definition) is 1. The third-order valence-electron chi connectivity index (χ3n) is 1.89. The first-order valence-electron chi connectivity index (χ1n) is 4.87. The maximum Gasteiger partial charge on any atom is 0.0575 e. The molecule has 1 N–H and O–H groups in total. The Morgan fingerprint density at radius 2 is 2.08 bits per heavy atom. The molecule has 1 atom stereocenters. The Balaban J connectivity index is 3.63. The molecule has 0 saturated carbocycles. The van der Waals surface area contributed by atoms with E-state index in [1.165, 1.54) is 19.3 Å². The maximum atomic E-state index is 5.19. The zero-order chi connectivity index (χ0) is 9.40. The molecule has 0 rings (SSSR count). The lowest BCUT2D eigenvalue weighted by atomic mass is 10.0. The van der Waals surface area contributed by atoms with Crippen molar-refractivity contribution in [2.24, 2.45) is 5.92 Å². The van der Waals surface area contributed by atoms with Crippen LogP contribution in [0.25, 0.3) is 0 Å². The van der Waals surface area contributed by atoms with Crippen LogP contribution in [0.1, 0.15) is 40.0 Å². The van der Waals surface area contributed by atoms with Crippen LogP contribution in [0, 0.1) is 18.3 Å². The molecular weight excluding hydrogens is 146 g/mol. The molecule has 1 heteroatoms. The predicted octanol–water partition coefficient (Wildman–Crippen LogP) is 2.42. The first-order valence-corrected chi connectivity index (χ1v) is 4.87. The Morgan fingerprint density at radius 1 is 1.42 bits per heavy atom. The molecule has 12 heavy (non-hydrogen) atoms. The van der Waals surface area contributed by atoms with Crippen molar-refractivity contribution in [3.63, 3.8) is 0 Å². The topological polar surface area (TPSA) is 12.0 Å². The highest BCUT2D eigenvalue weighted by atomic mass is 14.9. The van der Waals surface area contributed by atoms with E-state index in [4.69, 9.17) is 6.42 Å². The summed E-state index contributed by atoms with van der Waals surface area (Å²) in [6.07, 6.45) is 8.89. The minimum Gasteiger partial charge on any atom is -0.303 e. The first kappa shape index (κ1) is 11.5. The van der Waals surface area contributed by atoms with Gasteiger partial charge in [-0.05, 0) is 18.8 Å². The lowest BCUT2D eigenvalue weighted by Crippen LogP contribution is -2.30. The normalized spacial score (nSPS) is 12.9. The fourth-order valence-corrected chi connectivity index (χ4v) is 1.42. The van der Waals surface area contributed by atoms with Gasteiger partial charge in [-0.3, -0.25) is 0 Å². The average Bonchev–Trinajstić information content (AvgIpc) is 2.00. The zero-order valence-electron chi connectivity index (χ0n) is 8.56. The minimum atomic E-state index is 0.617. The van der Waals surface area contributed by atoms with Gasteiger partial charge in [-0.2, -0.15) is 0 Å². The summed E-state index contributed by atoms with van der Waals surface area (Å²) in [5.74, 6) is 3.38. The van der Waals surface area contributed by atoms with Crippen LogP contribution in [-0.4, -0.2) is 12.6 Å². The summed E-state index contributed by atoms with van der Waals surface area (Å²) in [7, 11) is 0. The van der Waals surface area contributed by atoms with Crippen molar-refractivity contribution in [1.82, 2.24) is 5.32 Å². The Kier molecular flexibility index (Phi) is 6.90. The van der Waals surface area contributed by atoms with Gasteiger partial charge in [-0.1, -0.05) is 33.1 Å². The van der Waals surface area contributed by atoms with Crippen LogP contribution in [0.5, 0.6) is 0 Å². The maximum absolute atomic E-state index is 5.19. The molecule has 0 aromatic rings. The van der Waals surface area contributed by atoms with Crippen molar-refractivity contribution >= 4 is 0 Å². The van der Waals surface area contributed by atoms with Crippen molar-refractivity contribution in [3.8, 4) is 12.3 Å². The molecule has 0 aromatic heterocycles. The fourth-order valence-electron chi connectivity index (χ4n) is 1.42. The third kappa shape index (κ3) is 6.24. The third-order valence-corrected chi connectivity index (χ3v) is 1.89. The van der Waals surface area contributed by atoms with Gasteiger partial charge in [0.1, 0.15) is 0 Å². The van der Waals surface area contributed by atoms with Gasteiger partial charge in [-0.15, -0.1) is 6.42 Å². The summed E-state index contributed by atoms with van der Waals surface area (Å²) in [4.78, 5) is 0. The van der Waals surface area contributed by atoms with Crippen molar-refractivity contribution < 1.29 is 0 Å². The Hall–Kier alpha value is -0.480. The predicted molar refractivity (Wildman–Crippen MR) is 55.0 cm³/mol. The van der Waals surface area contributed by atoms with Gasteiger partial charge < -0.3 is 5.32 Å². The SMILES string of the molecule is C#CCNC(CCC)CC(C)C. The second kappa shape index (κ2) is 7.18. The smallest absolute Gasteiger partial charge is 0.0575 e. The molecule has 0 heterocycles. The Bertz CT molecular complexity index is 132. The highest BCUT2D eigenvalue weighted by Crippen LogP contribution is 2.09. The lowest BCUT2D eigenvalue weighted by Gasteiger charge is -2.18. The summed E-state index contributed by atoms with van der Waals surface area (Å²) in [6, 6.07) is 0.617. The highest BCUT2D eigenvalue weighted by molar-refractivity contribution is 4.88. The Morgan fingerprint density at radius 3 is 2.50 bits per heavy atom. The first-order chi connectivity index (χ1) is 5.70. The van der Waals surface area contributed by atoms with Crippen LogP contribution in [0.2, 0.25) is 0 Å². The molecule has 1 nitrogen and oxygen atoms in total. The van der Waals surface area contributed by atoms with Crippen LogP contribution >= 0.6 is 0 Å². The summed E-state index contributed by atoms with van der Waals surface area (Å²) in [6.45, 7) is 7.42. The van der Waals surface area contributed by atoms with E-state index in [2.05, 4.69) is 32.0 Å². The number of rotatable bonds is 6. The van der Waals surface area contributed by atoms with E-state index in [9.17, 15) is 0 Å². The number of hydrogen-bond donors (Lipinski definition) is 1. The monoisotopic (exact) mass is 167 g/mol. The largest absolute Gasteiger partial charge is 0.303 e. The fraction of sp³-hybridized carbons (Fsp3) is 0.818. The van der Waals surface area contributed by atoms with Crippen molar-refractivity contribution in [1.29, 1.82) is 0 Å². The molecule has 1 unspecified atom stereocenters. The van der Waals surface area contributed by atoms with Gasteiger partial charge in [0.05, 0.1) is 6.54 Å². The van der Waals surface area contributed by atoms with E-state index >= 15 is 0 Å². The van der Waals surface area contributed by atoms with Crippen LogP contribution in [0.15, 0.2) is 0 Å². The molecule has 0 aliphatic heterocycles. The summed E-state index contributed by atoms with van der Waals surface area (Å²) < 4.78 is 0. The van der Waals surface area contributed by atoms with Crippen molar-refractivity contribution in [3.05, 3.63) is 0 Å². The molecule has 0 radical (unpaired) electrons. The molecular formula is C11H21N. The average molecular weight is 167 g/mol. The molecule has 0 amide bonds. The van der Waals surface area contributed by atoms with Gasteiger partial charge in [0.2, 0.25) is 0 Å². The van der Waals surface area contributed by atoms with Gasteiger partial charge in [0.15, 0.2) is 0 Å². The van der Waals surface area contributed by atoms with E-state index in [0.717, 1.165) is 5.92 Å². The molecule has 0 aliphatic rings. The van der Waals surface area contributed by atoms with E-state index in [0.29, 0.717) is 12.6 Å². The lowest BCUT2D eigenvalue weighted by molar-refractivity contribution is 0.410. The minimum absolute atomic E-state index is 0.617. The standard InChI is InChI=1S/C11H21N/c1-5-7-11(9-10(3)4)12-8-6-2/h2,10-12H,5,7-9H2,1,3-4H3. The molecule has 0 bridgehead atoms. The van der Waals surface area contributed by atoms with Gasteiger partial charge in [-0.25, -0.2) is 0 Å². The molecule has 0 aliphatic carbocycles. The zero-order valence-corrected chi connectivity index (χ0v) is 8.56. The van der Waals surface area contributed by atoms with Crippen molar-refractivity contribution in [2.45, 2.75) is 46.1 Å². The van der Waals surface area contributed by atoms with Crippen LogP contribution < -0.4 is 5.32 Å². The van der Waals surface area contributed by atoms with Gasteiger partial charge >= 0.3 is 0 Å². The van der Waals surface area contributed by atoms with Gasteiger partial charge in [0, 0.05) is 6.04 Å². The molecule has 70 valence electrons. The Labute approximate surface area is 76.9 Å². The molecule has 0 fully saturated rings. The summed E-state index contributed by atoms with van der Waals surface area (Å²) in [5.41, 5.74) is 0. The number of nitrogens with one attached hydrogen (secondary N) is 1. The molecule has 0 aromatic carbocycles. The second-order valence-electron chi connectivity index (χ2n) is 3.70. The van der Waals surface area contributed by atoms with Crippen LogP contribution in [-0.2, 0) is 0 Å². The van der Waals surface area contributed by atoms with Crippen molar-refractivity contribution in [2.75, 3.05) is 6.54 Å². The molecule has 0 saturated heterocycles. The summed E-state index contributed by atoms with van der Waals surface area (Å²) >= 11 is 0. The second-order valence-corrected chi connectivity index (χ2v) is 3.70. The van der Waals surface area contributed by atoms with E-state index in [-0.39, 0.29) is 0 Å². The van der Waals surface area contributed by atoms with Crippen LogP contribution in [0.3, 0.4) is 0 Å². The van der Waals surface area contributed by atoms with E-state index < -0.39 is 0 Å². The highest BCUT2D eigenvalue weighted by Gasteiger charge is 2.07. The van der Waals surface area contributed by atoms with Crippen LogP contribution in [0.4, 0.5) is 0 Å². The quantitative estimate of drug-likeness (QED) is 0.599. The summed E-state index contributed by atoms with van der Waals surface area (Å²) in [5, 5.41) is 3.37. The number of terminal acetylenes is 1. The molecule has 0 spiro atoms. The van der Waals surface area contributed by atoms with Gasteiger partial charge in [0.25, 0.3) is 0 Å².